The van der Waals surface area contributed by atoms with E-state index >= 15 is 0 Å². The van der Waals surface area contributed by atoms with Crippen LogP contribution in [0.25, 0.3) is 10.8 Å². The first-order valence-electron chi connectivity index (χ1n) is 8.23. The van der Waals surface area contributed by atoms with Crippen LogP contribution in [-0.2, 0) is 0 Å². The highest BCUT2D eigenvalue weighted by Gasteiger charge is 2.23. The number of rotatable bonds is 5. The van der Waals surface area contributed by atoms with Crippen molar-refractivity contribution in [1.29, 1.82) is 0 Å². The van der Waals surface area contributed by atoms with Gasteiger partial charge in [-0.2, -0.15) is 0 Å². The zero-order valence-electron chi connectivity index (χ0n) is 14.4. The Hall–Kier alpha value is -2.86. The van der Waals surface area contributed by atoms with Crippen molar-refractivity contribution in [1.82, 2.24) is 4.98 Å². The Morgan fingerprint density at radius 3 is 2.50 bits per heavy atom. The summed E-state index contributed by atoms with van der Waals surface area (Å²) in [5, 5.41) is 1.12. The van der Waals surface area contributed by atoms with Gasteiger partial charge < -0.3 is 10.5 Å². The average molecular weight is 356 g/mol. The van der Waals surface area contributed by atoms with Gasteiger partial charge in [-0.25, -0.2) is 13.8 Å². The predicted molar refractivity (Wildman–Crippen MR) is 95.3 cm³/mol. The van der Waals surface area contributed by atoms with Gasteiger partial charge in [-0.3, -0.25) is 4.79 Å². The minimum atomic E-state index is -0.932. The Morgan fingerprint density at radius 1 is 1.19 bits per heavy atom. The maximum Gasteiger partial charge on any atom is 0.221 e. The Kier molecular flexibility index (Phi) is 4.95. The minimum Gasteiger partial charge on any atom is -0.478 e. The molecule has 1 unspecified atom stereocenters. The quantitative estimate of drug-likeness (QED) is 0.697. The Labute approximate surface area is 149 Å². The van der Waals surface area contributed by atoms with E-state index in [2.05, 4.69) is 4.98 Å². The van der Waals surface area contributed by atoms with Crippen molar-refractivity contribution in [2.24, 2.45) is 5.73 Å². The maximum atomic E-state index is 14.5. The Balaban J connectivity index is 2.16. The minimum absolute atomic E-state index is 0.178. The number of carbonyl (C=O) groups is 1. The van der Waals surface area contributed by atoms with Crippen LogP contribution in [0.2, 0.25) is 0 Å². The van der Waals surface area contributed by atoms with E-state index in [4.69, 9.17) is 10.5 Å². The van der Waals surface area contributed by atoms with Gasteiger partial charge in [0.25, 0.3) is 0 Å². The molecule has 2 aromatic carbocycles. The van der Waals surface area contributed by atoms with Crippen LogP contribution in [0.4, 0.5) is 8.78 Å². The molecule has 0 spiro atoms. The fraction of sp³-hybridized carbons (Fsp3) is 0.200. The average Bonchev–Trinajstić information content (AvgIpc) is 2.61. The number of halogens is 2. The maximum absolute atomic E-state index is 14.5. The van der Waals surface area contributed by atoms with Gasteiger partial charge in [0.15, 0.2) is 5.78 Å². The van der Waals surface area contributed by atoms with Gasteiger partial charge in [-0.15, -0.1) is 0 Å². The van der Waals surface area contributed by atoms with Gasteiger partial charge in [0.1, 0.15) is 11.6 Å². The number of benzene rings is 2. The molecular weight excluding hydrogens is 338 g/mol. The van der Waals surface area contributed by atoms with Crippen LogP contribution >= 0.6 is 0 Å². The van der Waals surface area contributed by atoms with E-state index in [0.29, 0.717) is 23.3 Å². The molecular formula is C20H18F2N2O2. The number of nitrogens with zero attached hydrogens (tertiary/aromatic N) is 1. The molecule has 0 aliphatic heterocycles. The standard InChI is InChI=1S/C20H18F2N2O2/c1-3-26-20-15-6-4-5-14(13(15)7-8-24-20)19(25)18-16(21)9-12(11(2)23)10-17(18)22/h4-11H,3,23H2,1-2H3. The van der Waals surface area contributed by atoms with Gasteiger partial charge in [-0.1, -0.05) is 12.1 Å². The molecule has 0 aliphatic rings. The molecule has 3 rings (SSSR count). The van der Waals surface area contributed by atoms with Crippen molar-refractivity contribution < 1.29 is 18.3 Å². The summed E-state index contributed by atoms with van der Waals surface area (Å²) in [6.45, 7) is 3.84. The molecule has 0 amide bonds. The fourth-order valence-corrected chi connectivity index (χ4v) is 2.84. The number of carbonyl (C=O) groups excluding carboxylic acids is 1. The van der Waals surface area contributed by atoms with Crippen molar-refractivity contribution in [3.8, 4) is 5.88 Å². The van der Waals surface area contributed by atoms with Crippen molar-refractivity contribution in [3.05, 3.63) is 70.9 Å². The van der Waals surface area contributed by atoms with Gasteiger partial charge in [0, 0.05) is 23.2 Å². The summed E-state index contributed by atoms with van der Waals surface area (Å²) in [5.74, 6) is -2.24. The van der Waals surface area contributed by atoms with E-state index in [1.165, 1.54) is 12.3 Å². The van der Waals surface area contributed by atoms with Crippen molar-refractivity contribution in [2.45, 2.75) is 19.9 Å². The number of hydrogen-bond acceptors (Lipinski definition) is 4. The van der Waals surface area contributed by atoms with Gasteiger partial charge in [-0.05, 0) is 49.1 Å². The molecule has 0 saturated carbocycles. The lowest BCUT2D eigenvalue weighted by molar-refractivity contribution is 0.103. The van der Waals surface area contributed by atoms with Crippen LogP contribution in [-0.4, -0.2) is 17.4 Å². The van der Waals surface area contributed by atoms with Gasteiger partial charge in [0.2, 0.25) is 5.88 Å². The topological polar surface area (TPSA) is 65.2 Å². The van der Waals surface area contributed by atoms with Crippen LogP contribution in [0.5, 0.6) is 5.88 Å². The molecule has 1 heterocycles. The number of ketones is 1. The second-order valence-corrected chi connectivity index (χ2v) is 5.93. The highest BCUT2D eigenvalue weighted by Crippen LogP contribution is 2.29. The highest BCUT2D eigenvalue weighted by atomic mass is 19.1. The molecule has 26 heavy (non-hydrogen) atoms. The van der Waals surface area contributed by atoms with Crippen LogP contribution < -0.4 is 10.5 Å². The van der Waals surface area contributed by atoms with E-state index in [-0.39, 0.29) is 11.1 Å². The van der Waals surface area contributed by atoms with E-state index in [0.717, 1.165) is 12.1 Å². The molecule has 1 aromatic heterocycles. The summed E-state index contributed by atoms with van der Waals surface area (Å²) in [7, 11) is 0. The number of ether oxygens (including phenoxy) is 1. The third-order valence-corrected chi connectivity index (χ3v) is 4.11. The predicted octanol–water partition coefficient (Wildman–Crippen LogP) is 4.16. The lowest BCUT2D eigenvalue weighted by Crippen LogP contribution is -2.12. The number of hydrogen-bond donors (Lipinski definition) is 1. The van der Waals surface area contributed by atoms with Crippen LogP contribution in [0.15, 0.2) is 42.6 Å². The second-order valence-electron chi connectivity index (χ2n) is 5.93. The normalized spacial score (nSPS) is 12.2. The molecule has 3 aromatic rings. The first kappa shape index (κ1) is 17.9. The van der Waals surface area contributed by atoms with Crippen LogP contribution in [0.1, 0.15) is 41.4 Å². The molecule has 4 nitrogen and oxygen atoms in total. The monoisotopic (exact) mass is 356 g/mol. The van der Waals surface area contributed by atoms with Crippen molar-refractivity contribution in [3.63, 3.8) is 0 Å². The molecule has 0 fully saturated rings. The molecule has 1 atom stereocenters. The van der Waals surface area contributed by atoms with Crippen LogP contribution in [0.3, 0.4) is 0 Å². The highest BCUT2D eigenvalue weighted by molar-refractivity contribution is 6.17. The lowest BCUT2D eigenvalue weighted by atomic mass is 9.95. The van der Waals surface area contributed by atoms with E-state index in [9.17, 15) is 13.6 Å². The third-order valence-electron chi connectivity index (χ3n) is 4.11. The molecule has 6 heteroatoms. The molecule has 0 saturated heterocycles. The molecule has 134 valence electrons. The zero-order chi connectivity index (χ0) is 18.8. The fourth-order valence-electron chi connectivity index (χ4n) is 2.84. The zero-order valence-corrected chi connectivity index (χ0v) is 14.4. The van der Waals surface area contributed by atoms with Crippen LogP contribution in [0, 0.1) is 11.6 Å². The SMILES string of the molecule is CCOc1nccc2c(C(=O)c3c(F)cc(C(C)N)cc3F)cccc12. The summed E-state index contributed by atoms with van der Waals surface area (Å²) < 4.78 is 34.4. The Bertz CT molecular complexity index is 964. The van der Waals surface area contributed by atoms with E-state index < -0.39 is 29.0 Å². The number of aromatic nitrogens is 1. The van der Waals surface area contributed by atoms with Gasteiger partial charge >= 0.3 is 0 Å². The third kappa shape index (κ3) is 3.15. The largest absolute Gasteiger partial charge is 0.478 e. The van der Waals surface area contributed by atoms with Crippen molar-refractivity contribution in [2.75, 3.05) is 6.61 Å². The second kappa shape index (κ2) is 7.17. The van der Waals surface area contributed by atoms with E-state index in [1.54, 1.807) is 25.1 Å². The van der Waals surface area contributed by atoms with Crippen molar-refractivity contribution >= 4 is 16.6 Å². The first-order chi connectivity index (χ1) is 12.4. The summed E-state index contributed by atoms with van der Waals surface area (Å²) in [4.78, 5) is 17.0. The number of nitrogens with two attached hydrogens (primary N) is 1. The van der Waals surface area contributed by atoms with E-state index in [1.807, 2.05) is 6.92 Å². The summed E-state index contributed by atoms with van der Waals surface area (Å²) in [5.41, 5.74) is 5.54. The molecule has 0 aliphatic carbocycles. The Morgan fingerprint density at radius 2 is 1.88 bits per heavy atom. The lowest BCUT2D eigenvalue weighted by Gasteiger charge is -2.12. The summed E-state index contributed by atoms with van der Waals surface area (Å²) in [6.07, 6.45) is 1.50. The first-order valence-corrected chi connectivity index (χ1v) is 8.23. The summed E-state index contributed by atoms with van der Waals surface area (Å²) in [6, 6.07) is 8.18. The van der Waals surface area contributed by atoms with Gasteiger partial charge in [0.05, 0.1) is 12.2 Å². The molecule has 0 bridgehead atoms. The smallest absolute Gasteiger partial charge is 0.221 e. The molecule has 0 radical (unpaired) electrons. The summed E-state index contributed by atoms with van der Waals surface area (Å²) >= 11 is 0. The number of pyridine rings is 1. The number of fused-ring (bicyclic) bond motifs is 1. The molecule has 2 N–H and O–H groups in total.